The molecule has 0 spiro atoms. The Hall–Kier alpha value is -1.91. The van der Waals surface area contributed by atoms with Gasteiger partial charge in [0.15, 0.2) is 5.96 Å². The van der Waals surface area contributed by atoms with Crippen molar-refractivity contribution in [2.45, 2.75) is 40.5 Å². The Morgan fingerprint density at radius 3 is 2.62 bits per heavy atom. The fourth-order valence-electron chi connectivity index (χ4n) is 2.13. The number of para-hydroxylation sites is 1. The molecule has 2 rings (SSSR count). The van der Waals surface area contributed by atoms with Crippen LogP contribution in [0, 0.1) is 13.8 Å². The van der Waals surface area contributed by atoms with E-state index in [1.54, 1.807) is 18.2 Å². The van der Waals surface area contributed by atoms with Crippen molar-refractivity contribution in [1.82, 2.24) is 15.6 Å². The van der Waals surface area contributed by atoms with E-state index >= 15 is 0 Å². The molecule has 0 aliphatic heterocycles. The maximum Gasteiger partial charge on any atom is 0.387 e. The number of ether oxygens (including phenoxy) is 1. The second kappa shape index (κ2) is 10.9. The molecule has 1 aromatic heterocycles. The minimum absolute atomic E-state index is 0. The number of aromatic nitrogens is 1. The van der Waals surface area contributed by atoms with Crippen LogP contribution < -0.4 is 15.4 Å². The third-order valence-corrected chi connectivity index (χ3v) is 3.42. The summed E-state index contributed by atoms with van der Waals surface area (Å²) < 4.78 is 34.9. The van der Waals surface area contributed by atoms with E-state index in [4.69, 9.17) is 4.42 Å². The first-order chi connectivity index (χ1) is 12.0. The van der Waals surface area contributed by atoms with Gasteiger partial charge in [0.2, 0.25) is 5.89 Å². The molecule has 0 saturated carbocycles. The summed E-state index contributed by atoms with van der Waals surface area (Å²) in [7, 11) is 0. The fraction of sp³-hybridized carbons (Fsp3) is 0.412. The number of alkyl halides is 2. The van der Waals surface area contributed by atoms with Crippen molar-refractivity contribution >= 4 is 29.9 Å². The van der Waals surface area contributed by atoms with Gasteiger partial charge in [-0.15, -0.1) is 24.0 Å². The monoisotopic (exact) mass is 480 g/mol. The van der Waals surface area contributed by atoms with E-state index in [0.717, 1.165) is 11.5 Å². The number of guanidine groups is 1. The smallest absolute Gasteiger partial charge is 0.387 e. The molecule has 2 N–H and O–H groups in total. The first-order valence-electron chi connectivity index (χ1n) is 7.97. The third kappa shape index (κ3) is 6.77. The summed E-state index contributed by atoms with van der Waals surface area (Å²) in [6, 6.07) is 6.59. The van der Waals surface area contributed by atoms with Crippen LogP contribution >= 0.6 is 24.0 Å². The zero-order chi connectivity index (χ0) is 18.2. The Labute approximate surface area is 168 Å². The van der Waals surface area contributed by atoms with Gasteiger partial charge in [0.05, 0.1) is 18.8 Å². The molecule has 0 atom stereocenters. The van der Waals surface area contributed by atoms with Gasteiger partial charge in [0, 0.05) is 12.1 Å². The minimum Gasteiger partial charge on any atom is -0.444 e. The highest BCUT2D eigenvalue weighted by Crippen LogP contribution is 2.20. The number of rotatable bonds is 7. The van der Waals surface area contributed by atoms with E-state index in [-0.39, 0.29) is 36.3 Å². The lowest BCUT2D eigenvalue weighted by Crippen LogP contribution is -2.36. The van der Waals surface area contributed by atoms with E-state index in [1.807, 2.05) is 20.8 Å². The van der Waals surface area contributed by atoms with Crippen LogP contribution in [-0.2, 0) is 13.1 Å². The van der Waals surface area contributed by atoms with Crippen molar-refractivity contribution in [3.05, 3.63) is 47.2 Å². The molecule has 0 aliphatic rings. The molecule has 9 heteroatoms. The van der Waals surface area contributed by atoms with Gasteiger partial charge < -0.3 is 19.8 Å². The maximum absolute atomic E-state index is 12.5. The highest BCUT2D eigenvalue weighted by Gasteiger charge is 2.10. The van der Waals surface area contributed by atoms with Crippen LogP contribution in [0.4, 0.5) is 8.78 Å². The average Bonchev–Trinajstić information content (AvgIpc) is 2.89. The Morgan fingerprint density at radius 2 is 2.00 bits per heavy atom. The molecule has 0 bridgehead atoms. The predicted octanol–water partition coefficient (Wildman–Crippen LogP) is 3.77. The lowest BCUT2D eigenvalue weighted by Gasteiger charge is -2.12. The van der Waals surface area contributed by atoms with Gasteiger partial charge in [-0.2, -0.15) is 8.78 Å². The van der Waals surface area contributed by atoms with Gasteiger partial charge >= 0.3 is 6.61 Å². The van der Waals surface area contributed by atoms with Crippen molar-refractivity contribution in [1.29, 1.82) is 0 Å². The molecule has 2 aromatic rings. The molecule has 0 fully saturated rings. The van der Waals surface area contributed by atoms with Gasteiger partial charge in [-0.25, -0.2) is 9.98 Å². The fourth-order valence-corrected chi connectivity index (χ4v) is 2.13. The summed E-state index contributed by atoms with van der Waals surface area (Å²) in [5.74, 6) is 1.98. The Morgan fingerprint density at radius 1 is 1.27 bits per heavy atom. The second-order valence-corrected chi connectivity index (χ2v) is 5.28. The molecule has 0 unspecified atom stereocenters. The number of benzene rings is 1. The van der Waals surface area contributed by atoms with Crippen LogP contribution in [0.15, 0.2) is 33.7 Å². The number of nitrogens with one attached hydrogen (secondary N) is 2. The SMILES string of the molecule is CCNC(=NCc1ccccc1OC(F)F)NCc1nc(C)c(C)o1.I. The molecule has 0 radical (unpaired) electrons. The van der Waals surface area contributed by atoms with Crippen LogP contribution in [0.3, 0.4) is 0 Å². The normalized spacial score (nSPS) is 11.2. The van der Waals surface area contributed by atoms with Crippen molar-refractivity contribution < 1.29 is 17.9 Å². The summed E-state index contributed by atoms with van der Waals surface area (Å²) in [5.41, 5.74) is 1.42. The molecule has 6 nitrogen and oxygen atoms in total. The van der Waals surface area contributed by atoms with E-state index in [9.17, 15) is 8.78 Å². The van der Waals surface area contributed by atoms with Crippen molar-refractivity contribution in [3.63, 3.8) is 0 Å². The van der Waals surface area contributed by atoms with Crippen LogP contribution in [0.5, 0.6) is 5.75 Å². The maximum atomic E-state index is 12.5. The second-order valence-electron chi connectivity index (χ2n) is 5.28. The molecule has 0 amide bonds. The first kappa shape index (κ1) is 22.1. The molecule has 26 heavy (non-hydrogen) atoms. The van der Waals surface area contributed by atoms with Gasteiger partial charge in [0.1, 0.15) is 11.5 Å². The average molecular weight is 480 g/mol. The number of halogens is 3. The van der Waals surface area contributed by atoms with Crippen LogP contribution in [0.25, 0.3) is 0 Å². The number of hydrogen-bond acceptors (Lipinski definition) is 4. The molecule has 0 aliphatic carbocycles. The molecule has 144 valence electrons. The molecule has 1 aromatic carbocycles. The number of aliphatic imine (C=N–C) groups is 1. The van der Waals surface area contributed by atoms with Crippen molar-refractivity contribution in [2.24, 2.45) is 4.99 Å². The standard InChI is InChI=1S/C17H22F2N4O2.HI/c1-4-20-17(22-10-15-23-11(2)12(3)24-15)21-9-13-7-5-6-8-14(13)25-16(18)19;/h5-8,16H,4,9-10H2,1-3H3,(H2,20,21,22);1H. The summed E-state index contributed by atoms with van der Waals surface area (Å²) in [6.07, 6.45) is 0. The van der Waals surface area contributed by atoms with Gasteiger partial charge in [0.25, 0.3) is 0 Å². The topological polar surface area (TPSA) is 71.7 Å². The molecular weight excluding hydrogens is 457 g/mol. The summed E-state index contributed by atoms with van der Waals surface area (Å²) in [4.78, 5) is 8.69. The summed E-state index contributed by atoms with van der Waals surface area (Å²) in [5, 5.41) is 6.19. The van der Waals surface area contributed by atoms with Gasteiger partial charge in [-0.3, -0.25) is 0 Å². The Bertz CT molecular complexity index is 703. The number of aryl methyl sites for hydroxylation is 2. The lowest BCUT2D eigenvalue weighted by molar-refractivity contribution is -0.0504. The quantitative estimate of drug-likeness (QED) is 0.359. The first-order valence-corrected chi connectivity index (χ1v) is 7.97. The Kier molecular flexibility index (Phi) is 9.31. The summed E-state index contributed by atoms with van der Waals surface area (Å²) in [6.45, 7) is 4.02. The van der Waals surface area contributed by atoms with Gasteiger partial charge in [-0.1, -0.05) is 18.2 Å². The number of nitrogens with zero attached hydrogens (tertiary/aromatic N) is 2. The lowest BCUT2D eigenvalue weighted by atomic mass is 10.2. The number of oxazole rings is 1. The highest BCUT2D eigenvalue weighted by molar-refractivity contribution is 14.0. The van der Waals surface area contributed by atoms with Crippen LogP contribution in [0.2, 0.25) is 0 Å². The van der Waals surface area contributed by atoms with E-state index < -0.39 is 6.61 Å². The van der Waals surface area contributed by atoms with Crippen LogP contribution in [0.1, 0.15) is 29.8 Å². The molecule has 1 heterocycles. The zero-order valence-electron chi connectivity index (χ0n) is 14.9. The predicted molar refractivity (Wildman–Crippen MR) is 106 cm³/mol. The van der Waals surface area contributed by atoms with Crippen molar-refractivity contribution in [3.8, 4) is 5.75 Å². The van der Waals surface area contributed by atoms with E-state index in [0.29, 0.717) is 30.5 Å². The van der Waals surface area contributed by atoms with E-state index in [2.05, 4.69) is 25.3 Å². The van der Waals surface area contributed by atoms with Crippen LogP contribution in [-0.4, -0.2) is 24.1 Å². The molecular formula is C17H23F2IN4O2. The largest absolute Gasteiger partial charge is 0.444 e. The molecule has 0 saturated heterocycles. The zero-order valence-corrected chi connectivity index (χ0v) is 17.2. The van der Waals surface area contributed by atoms with Crippen molar-refractivity contribution in [2.75, 3.05) is 6.54 Å². The Balaban J connectivity index is 0.00000338. The van der Waals surface area contributed by atoms with Gasteiger partial charge in [-0.05, 0) is 26.8 Å². The number of hydrogen-bond donors (Lipinski definition) is 2. The summed E-state index contributed by atoms with van der Waals surface area (Å²) >= 11 is 0. The van der Waals surface area contributed by atoms with E-state index in [1.165, 1.54) is 6.07 Å². The highest BCUT2D eigenvalue weighted by atomic mass is 127. The third-order valence-electron chi connectivity index (χ3n) is 3.42. The minimum atomic E-state index is -2.87.